The number of halogens is 1. The minimum atomic E-state index is -0.465. The Hall–Kier alpha value is -2.38. The molecule has 0 spiro atoms. The van der Waals surface area contributed by atoms with Gasteiger partial charge in [-0.15, -0.1) is 11.8 Å². The SMILES string of the molecule is C/C(=N/NC(=O)[C@@H](C)Sc1ccc(Cl)cc1)c1ccc([N+](=O)[O-])cc1. The standard InChI is InChI=1S/C17H16ClN3O3S/c1-11(13-3-7-15(8-4-13)21(23)24)19-20-17(22)12(2)25-16-9-5-14(18)6-10-16/h3-10,12H,1-2H3,(H,20,22)/b19-11-/t12-/m1/s1. The van der Waals surface area contributed by atoms with Crippen molar-refractivity contribution in [2.24, 2.45) is 5.10 Å². The second-order valence-electron chi connectivity index (χ2n) is 5.19. The normalized spacial score (nSPS) is 12.5. The fraction of sp³-hybridized carbons (Fsp3) is 0.176. The third kappa shape index (κ3) is 5.58. The number of carbonyl (C=O) groups is 1. The first-order valence-corrected chi connectivity index (χ1v) is 8.64. The maximum absolute atomic E-state index is 12.1. The Morgan fingerprint density at radius 1 is 1.20 bits per heavy atom. The molecule has 130 valence electrons. The zero-order valence-electron chi connectivity index (χ0n) is 13.6. The van der Waals surface area contributed by atoms with Gasteiger partial charge in [-0.05, 0) is 55.8 Å². The van der Waals surface area contributed by atoms with Crippen LogP contribution in [-0.2, 0) is 4.79 Å². The average molecular weight is 378 g/mol. The van der Waals surface area contributed by atoms with Gasteiger partial charge in [-0.1, -0.05) is 11.6 Å². The molecule has 2 aromatic rings. The van der Waals surface area contributed by atoms with Crippen LogP contribution in [-0.4, -0.2) is 21.8 Å². The molecule has 0 aliphatic heterocycles. The van der Waals surface area contributed by atoms with E-state index in [-0.39, 0.29) is 16.8 Å². The van der Waals surface area contributed by atoms with Crippen molar-refractivity contribution in [3.8, 4) is 0 Å². The molecule has 0 saturated carbocycles. The highest BCUT2D eigenvalue weighted by Gasteiger charge is 2.14. The molecule has 25 heavy (non-hydrogen) atoms. The van der Waals surface area contributed by atoms with Crippen LogP contribution in [0.5, 0.6) is 0 Å². The minimum Gasteiger partial charge on any atom is -0.272 e. The van der Waals surface area contributed by atoms with Crippen molar-refractivity contribution in [3.05, 3.63) is 69.2 Å². The van der Waals surface area contributed by atoms with Crippen LogP contribution in [0.1, 0.15) is 19.4 Å². The summed E-state index contributed by atoms with van der Waals surface area (Å²) in [7, 11) is 0. The van der Waals surface area contributed by atoms with Gasteiger partial charge in [0.25, 0.3) is 11.6 Å². The first-order valence-electron chi connectivity index (χ1n) is 7.38. The fourth-order valence-electron chi connectivity index (χ4n) is 1.89. The highest BCUT2D eigenvalue weighted by atomic mass is 35.5. The molecular weight excluding hydrogens is 362 g/mol. The van der Waals surface area contributed by atoms with E-state index in [0.717, 1.165) is 4.90 Å². The zero-order chi connectivity index (χ0) is 18.4. The number of carbonyl (C=O) groups excluding carboxylic acids is 1. The minimum absolute atomic E-state index is 0.00794. The maximum atomic E-state index is 12.1. The van der Waals surface area contributed by atoms with E-state index < -0.39 is 4.92 Å². The molecule has 0 heterocycles. The largest absolute Gasteiger partial charge is 0.272 e. The fourth-order valence-corrected chi connectivity index (χ4v) is 2.88. The molecule has 8 heteroatoms. The number of nitrogens with zero attached hydrogens (tertiary/aromatic N) is 2. The zero-order valence-corrected chi connectivity index (χ0v) is 15.2. The van der Waals surface area contributed by atoms with Gasteiger partial charge in [-0.25, -0.2) is 5.43 Å². The molecule has 0 radical (unpaired) electrons. The van der Waals surface area contributed by atoms with Crippen molar-refractivity contribution in [3.63, 3.8) is 0 Å². The number of hydrogen-bond donors (Lipinski definition) is 1. The van der Waals surface area contributed by atoms with E-state index in [0.29, 0.717) is 16.3 Å². The van der Waals surface area contributed by atoms with Gasteiger partial charge in [0, 0.05) is 22.1 Å². The predicted molar refractivity (Wildman–Crippen MR) is 100 cm³/mol. The van der Waals surface area contributed by atoms with Gasteiger partial charge >= 0.3 is 0 Å². The van der Waals surface area contributed by atoms with Gasteiger partial charge in [0.15, 0.2) is 0 Å². The number of rotatable bonds is 6. The lowest BCUT2D eigenvalue weighted by Gasteiger charge is -2.10. The molecule has 0 fully saturated rings. The number of hydrogen-bond acceptors (Lipinski definition) is 5. The number of non-ortho nitro benzene ring substituents is 1. The summed E-state index contributed by atoms with van der Waals surface area (Å²) in [5.41, 5.74) is 3.79. The number of thioether (sulfide) groups is 1. The van der Waals surface area contributed by atoms with Crippen LogP contribution in [0.2, 0.25) is 5.02 Å². The molecule has 0 aromatic heterocycles. The van der Waals surface area contributed by atoms with Crippen LogP contribution in [0, 0.1) is 10.1 Å². The topological polar surface area (TPSA) is 84.6 Å². The Morgan fingerprint density at radius 3 is 2.36 bits per heavy atom. The Kier molecular flexibility index (Phi) is 6.55. The lowest BCUT2D eigenvalue weighted by atomic mass is 10.1. The highest BCUT2D eigenvalue weighted by Crippen LogP contribution is 2.24. The molecular formula is C17H16ClN3O3S. The summed E-state index contributed by atoms with van der Waals surface area (Å²) in [5, 5.41) is 15.0. The molecule has 0 unspecified atom stereocenters. The van der Waals surface area contributed by atoms with Crippen LogP contribution < -0.4 is 5.43 Å². The average Bonchev–Trinajstić information content (AvgIpc) is 2.61. The lowest BCUT2D eigenvalue weighted by molar-refractivity contribution is -0.384. The second kappa shape index (κ2) is 8.64. The van der Waals surface area contributed by atoms with Gasteiger partial charge in [0.05, 0.1) is 15.9 Å². The Balaban J connectivity index is 1.95. The smallest absolute Gasteiger partial charge is 0.269 e. The highest BCUT2D eigenvalue weighted by molar-refractivity contribution is 8.00. The van der Waals surface area contributed by atoms with Crippen LogP contribution in [0.15, 0.2) is 58.5 Å². The Morgan fingerprint density at radius 2 is 1.80 bits per heavy atom. The van der Waals surface area contributed by atoms with E-state index >= 15 is 0 Å². The summed E-state index contributed by atoms with van der Waals surface area (Å²) in [4.78, 5) is 23.3. The lowest BCUT2D eigenvalue weighted by Crippen LogP contribution is -2.27. The second-order valence-corrected chi connectivity index (χ2v) is 7.04. The van der Waals surface area contributed by atoms with Crippen LogP contribution in [0.25, 0.3) is 0 Å². The third-order valence-corrected chi connectivity index (χ3v) is 4.69. The predicted octanol–water partition coefficient (Wildman–Crippen LogP) is 4.27. The van der Waals surface area contributed by atoms with Gasteiger partial charge in [0.2, 0.25) is 0 Å². The molecule has 0 aliphatic rings. The summed E-state index contributed by atoms with van der Waals surface area (Å²) in [6.45, 7) is 3.50. The number of nitro benzene ring substituents is 1. The first kappa shape index (κ1) is 19.0. The molecule has 1 N–H and O–H groups in total. The Labute approximate surface area is 154 Å². The number of nitro groups is 1. The molecule has 2 aromatic carbocycles. The molecule has 2 rings (SSSR count). The van der Waals surface area contributed by atoms with E-state index in [9.17, 15) is 14.9 Å². The van der Waals surface area contributed by atoms with Gasteiger partial charge in [-0.3, -0.25) is 14.9 Å². The number of amides is 1. The van der Waals surface area contributed by atoms with Gasteiger partial charge in [0.1, 0.15) is 0 Å². The quantitative estimate of drug-likeness (QED) is 0.352. The van der Waals surface area contributed by atoms with E-state index in [1.807, 2.05) is 12.1 Å². The summed E-state index contributed by atoms with van der Waals surface area (Å²) in [6.07, 6.45) is 0. The Bertz CT molecular complexity index is 792. The van der Waals surface area contributed by atoms with E-state index in [2.05, 4.69) is 10.5 Å². The van der Waals surface area contributed by atoms with E-state index in [1.165, 1.54) is 23.9 Å². The van der Waals surface area contributed by atoms with Crippen molar-refractivity contribution < 1.29 is 9.72 Å². The molecule has 6 nitrogen and oxygen atoms in total. The summed E-state index contributed by atoms with van der Waals surface area (Å²) in [5.74, 6) is -0.235. The van der Waals surface area contributed by atoms with Crippen molar-refractivity contribution in [1.82, 2.24) is 5.43 Å². The monoisotopic (exact) mass is 377 g/mol. The summed E-state index contributed by atoms with van der Waals surface area (Å²) in [6, 6.07) is 13.2. The molecule has 0 aliphatic carbocycles. The van der Waals surface area contributed by atoms with E-state index in [1.54, 1.807) is 38.1 Å². The number of hydrazone groups is 1. The maximum Gasteiger partial charge on any atom is 0.269 e. The van der Waals surface area contributed by atoms with Gasteiger partial charge in [-0.2, -0.15) is 5.10 Å². The molecule has 1 atom stereocenters. The molecule has 0 bridgehead atoms. The van der Waals surface area contributed by atoms with Crippen molar-refractivity contribution in [2.45, 2.75) is 24.0 Å². The van der Waals surface area contributed by atoms with Crippen LogP contribution in [0.3, 0.4) is 0 Å². The first-order chi connectivity index (χ1) is 11.9. The van der Waals surface area contributed by atoms with Crippen LogP contribution >= 0.6 is 23.4 Å². The van der Waals surface area contributed by atoms with E-state index in [4.69, 9.17) is 11.6 Å². The van der Waals surface area contributed by atoms with Crippen molar-refractivity contribution >= 4 is 40.7 Å². The molecule has 0 saturated heterocycles. The molecule has 1 amide bonds. The number of nitrogens with one attached hydrogen (secondary N) is 1. The van der Waals surface area contributed by atoms with Crippen molar-refractivity contribution in [2.75, 3.05) is 0 Å². The van der Waals surface area contributed by atoms with Crippen molar-refractivity contribution in [1.29, 1.82) is 0 Å². The summed E-state index contributed by atoms with van der Waals surface area (Å²) < 4.78 is 0. The third-order valence-electron chi connectivity index (χ3n) is 3.33. The summed E-state index contributed by atoms with van der Waals surface area (Å²) >= 11 is 7.24. The van der Waals surface area contributed by atoms with Gasteiger partial charge < -0.3 is 0 Å². The van der Waals surface area contributed by atoms with Crippen LogP contribution in [0.4, 0.5) is 5.69 Å². The number of benzene rings is 2.